The van der Waals surface area contributed by atoms with Crippen LogP contribution in [-0.4, -0.2) is 102 Å². The topological polar surface area (TPSA) is 133 Å². The molecule has 3 fully saturated rings. The quantitative estimate of drug-likeness (QED) is 0.247. The van der Waals surface area contributed by atoms with Crippen molar-refractivity contribution in [3.8, 4) is 0 Å². The third-order valence-corrected chi connectivity index (χ3v) is 9.13. The first-order valence-corrected chi connectivity index (χ1v) is 15.8. The van der Waals surface area contributed by atoms with E-state index in [4.69, 9.17) is 23.5 Å². The van der Waals surface area contributed by atoms with Gasteiger partial charge in [-0.1, -0.05) is 6.42 Å². The zero-order valence-electron chi connectivity index (χ0n) is 28.8. The number of ether oxygens (including phenoxy) is 3. The van der Waals surface area contributed by atoms with Crippen LogP contribution in [0.2, 0.25) is 6.32 Å². The van der Waals surface area contributed by atoms with Crippen LogP contribution in [0, 0.1) is 5.41 Å². The summed E-state index contributed by atoms with van der Waals surface area (Å²) in [6, 6.07) is -2.37. The molecule has 13 heteroatoms. The van der Waals surface area contributed by atoms with Crippen LogP contribution in [0.3, 0.4) is 0 Å². The van der Waals surface area contributed by atoms with Gasteiger partial charge in [0, 0.05) is 18.5 Å². The lowest BCUT2D eigenvalue weighted by Crippen LogP contribution is -2.60. The molecule has 3 aliphatic rings. The van der Waals surface area contributed by atoms with Gasteiger partial charge in [-0.25, -0.2) is 14.4 Å². The number of esters is 1. The van der Waals surface area contributed by atoms with Crippen LogP contribution in [0.4, 0.5) is 9.59 Å². The first kappa shape index (κ1) is 35.9. The third kappa shape index (κ3) is 7.81. The average Bonchev–Trinajstić information content (AvgIpc) is 3.30. The van der Waals surface area contributed by atoms with Gasteiger partial charge in [0.15, 0.2) is 0 Å². The Balaban J connectivity index is 1.94. The minimum atomic E-state index is -0.963. The monoisotopic (exact) mass is 623 g/mol. The number of methoxy groups -OCH3 is 1. The fraction of sp³-hybridized carbons (Fsp3) is 0.871. The number of alkyl carbamates (subject to hydrolysis) is 1. The van der Waals surface area contributed by atoms with Crippen molar-refractivity contribution in [3.63, 3.8) is 0 Å². The lowest BCUT2D eigenvalue weighted by atomic mass is 9.65. The molecule has 3 rings (SSSR count). The molecule has 250 valence electrons. The van der Waals surface area contributed by atoms with Gasteiger partial charge in [-0.05, 0) is 102 Å². The molecule has 3 saturated heterocycles. The second-order valence-electron chi connectivity index (χ2n) is 15.4. The Kier molecular flexibility index (Phi) is 10.4. The van der Waals surface area contributed by atoms with Gasteiger partial charge >= 0.3 is 25.3 Å². The number of piperidine rings is 1. The highest BCUT2D eigenvalue weighted by Gasteiger charge is 2.63. The minimum absolute atomic E-state index is 0.0933. The summed E-state index contributed by atoms with van der Waals surface area (Å²) in [5.74, 6) is -0.867. The largest absolute Gasteiger partial charge is 0.467 e. The predicted molar refractivity (Wildman–Crippen MR) is 165 cm³/mol. The van der Waals surface area contributed by atoms with Crippen LogP contribution >= 0.6 is 0 Å². The SMILES string of the molecule is COC(=O)[C@H]1N(C(=O)OC(C)(C)C)C[C@@H]2N(C(=O)C(C)NC(=O)OC(C)(C)C)CCC[C@@]21CCCB1OC(C)(C)C(C)(C)O1. The molecular weight excluding hydrogens is 569 g/mol. The van der Waals surface area contributed by atoms with E-state index in [-0.39, 0.29) is 12.5 Å². The Morgan fingerprint density at radius 3 is 2.05 bits per heavy atom. The maximum atomic E-state index is 13.9. The molecule has 0 aromatic carbocycles. The van der Waals surface area contributed by atoms with Crippen LogP contribution in [0.5, 0.6) is 0 Å². The lowest BCUT2D eigenvalue weighted by Gasteiger charge is -2.48. The summed E-state index contributed by atoms with van der Waals surface area (Å²) < 4.78 is 28.8. The molecule has 0 aliphatic carbocycles. The number of fused-ring (bicyclic) bond motifs is 1. The van der Waals surface area contributed by atoms with E-state index < -0.39 is 71.2 Å². The number of carbonyl (C=O) groups is 4. The van der Waals surface area contributed by atoms with Gasteiger partial charge < -0.3 is 33.7 Å². The van der Waals surface area contributed by atoms with E-state index in [1.165, 1.54) is 12.0 Å². The first-order chi connectivity index (χ1) is 20.0. The molecule has 12 nitrogen and oxygen atoms in total. The second-order valence-corrected chi connectivity index (χ2v) is 15.4. The third-order valence-electron chi connectivity index (χ3n) is 9.13. The van der Waals surface area contributed by atoms with Crippen LogP contribution < -0.4 is 5.32 Å². The van der Waals surface area contributed by atoms with Crippen LogP contribution in [-0.2, 0) is 33.1 Å². The highest BCUT2D eigenvalue weighted by molar-refractivity contribution is 6.45. The van der Waals surface area contributed by atoms with E-state index >= 15 is 0 Å². The summed E-state index contributed by atoms with van der Waals surface area (Å²) in [6.07, 6.45) is 1.57. The molecule has 3 heterocycles. The Hall–Kier alpha value is -2.54. The highest BCUT2D eigenvalue weighted by Crippen LogP contribution is 2.51. The number of carbonyl (C=O) groups excluding carboxylic acids is 4. The Morgan fingerprint density at radius 2 is 1.52 bits per heavy atom. The normalized spacial score (nSPS) is 27.0. The van der Waals surface area contributed by atoms with Gasteiger partial charge in [0.05, 0.1) is 24.4 Å². The number of hydrogen-bond donors (Lipinski definition) is 1. The molecule has 3 aliphatic heterocycles. The van der Waals surface area contributed by atoms with E-state index in [0.29, 0.717) is 38.5 Å². The predicted octanol–water partition coefficient (Wildman–Crippen LogP) is 4.54. The fourth-order valence-corrected chi connectivity index (χ4v) is 6.55. The molecule has 0 aromatic heterocycles. The molecule has 0 spiro atoms. The molecule has 0 saturated carbocycles. The molecule has 3 amide bonds. The van der Waals surface area contributed by atoms with Crippen molar-refractivity contribution in [2.45, 2.75) is 149 Å². The van der Waals surface area contributed by atoms with Gasteiger partial charge in [-0.2, -0.15) is 0 Å². The molecule has 4 atom stereocenters. The van der Waals surface area contributed by atoms with Crippen molar-refractivity contribution >= 4 is 31.2 Å². The van der Waals surface area contributed by atoms with Crippen molar-refractivity contribution in [1.29, 1.82) is 0 Å². The van der Waals surface area contributed by atoms with Crippen molar-refractivity contribution in [2.24, 2.45) is 5.41 Å². The molecule has 1 unspecified atom stereocenters. The zero-order chi connectivity index (χ0) is 33.5. The van der Waals surface area contributed by atoms with Crippen molar-refractivity contribution in [2.75, 3.05) is 20.2 Å². The van der Waals surface area contributed by atoms with Crippen LogP contribution in [0.1, 0.15) is 102 Å². The maximum Gasteiger partial charge on any atom is 0.457 e. The standard InChI is InChI=1S/C31H54BN3O9/c1-20(33-25(38)41-27(2,3)4)23(36)34-18-14-16-31(15-13-17-32-43-29(8,9)30(10,11)44-32)21(34)19-35(22(31)24(37)40-12)26(39)42-28(5,6)7/h20-22H,13-19H2,1-12H3,(H,33,38)/t20?,21-,22+,31-/m0/s1. The second kappa shape index (κ2) is 12.7. The van der Waals surface area contributed by atoms with Crippen molar-refractivity contribution < 1.29 is 42.7 Å². The Bertz CT molecular complexity index is 1080. The minimum Gasteiger partial charge on any atom is -0.467 e. The summed E-state index contributed by atoms with van der Waals surface area (Å²) >= 11 is 0. The van der Waals surface area contributed by atoms with Gasteiger partial charge in [-0.15, -0.1) is 0 Å². The van der Waals surface area contributed by atoms with Gasteiger partial charge in [0.1, 0.15) is 23.3 Å². The number of likely N-dealkylation sites (tertiary alicyclic amines) is 2. The molecule has 0 bridgehead atoms. The molecule has 0 aromatic rings. The number of rotatable bonds is 7. The molecule has 1 N–H and O–H groups in total. The number of hydrogen-bond acceptors (Lipinski definition) is 9. The lowest BCUT2D eigenvalue weighted by molar-refractivity contribution is -0.153. The van der Waals surface area contributed by atoms with E-state index in [9.17, 15) is 19.2 Å². The summed E-state index contributed by atoms with van der Waals surface area (Å²) in [4.78, 5) is 56.7. The number of amides is 3. The Labute approximate surface area is 263 Å². The van der Waals surface area contributed by atoms with E-state index in [1.54, 1.807) is 53.4 Å². The Morgan fingerprint density at radius 1 is 0.955 bits per heavy atom. The van der Waals surface area contributed by atoms with E-state index in [2.05, 4.69) is 5.32 Å². The smallest absolute Gasteiger partial charge is 0.457 e. The average molecular weight is 624 g/mol. The van der Waals surface area contributed by atoms with Crippen LogP contribution in [0.15, 0.2) is 0 Å². The summed E-state index contributed by atoms with van der Waals surface area (Å²) in [6.45, 7) is 20.7. The summed E-state index contributed by atoms with van der Waals surface area (Å²) in [7, 11) is 0.883. The van der Waals surface area contributed by atoms with Gasteiger partial charge in [0.25, 0.3) is 0 Å². The van der Waals surface area contributed by atoms with Crippen molar-refractivity contribution in [3.05, 3.63) is 0 Å². The molecule has 44 heavy (non-hydrogen) atoms. The first-order valence-electron chi connectivity index (χ1n) is 15.8. The van der Waals surface area contributed by atoms with E-state index in [1.807, 2.05) is 27.7 Å². The maximum absolute atomic E-state index is 13.9. The number of nitrogens with one attached hydrogen (secondary N) is 1. The highest BCUT2D eigenvalue weighted by atomic mass is 16.7. The fourth-order valence-electron chi connectivity index (χ4n) is 6.55. The number of nitrogens with zero attached hydrogens (tertiary/aromatic N) is 2. The zero-order valence-corrected chi connectivity index (χ0v) is 28.8. The molecule has 0 radical (unpaired) electrons. The van der Waals surface area contributed by atoms with Crippen LogP contribution in [0.25, 0.3) is 0 Å². The summed E-state index contributed by atoms with van der Waals surface area (Å²) in [5.41, 5.74) is -3.28. The summed E-state index contributed by atoms with van der Waals surface area (Å²) in [5, 5.41) is 2.65. The molecular formula is C31H54BN3O9. The van der Waals surface area contributed by atoms with Crippen molar-refractivity contribution in [1.82, 2.24) is 15.1 Å². The van der Waals surface area contributed by atoms with Gasteiger partial charge in [0.2, 0.25) is 5.91 Å². The van der Waals surface area contributed by atoms with Gasteiger partial charge in [-0.3, -0.25) is 9.69 Å². The van der Waals surface area contributed by atoms with E-state index in [0.717, 1.165) is 0 Å².